The zero-order valence-electron chi connectivity index (χ0n) is 11.7. The van der Waals surface area contributed by atoms with Crippen molar-refractivity contribution in [1.29, 1.82) is 0 Å². The van der Waals surface area contributed by atoms with Crippen LogP contribution in [0.3, 0.4) is 0 Å². The zero-order valence-corrected chi connectivity index (χ0v) is 11.7. The standard InChI is InChI=1S/C16H22N2O/c1-3-6-13-7-5-8-14(12-13)16(19)15-9-10-17-18(15)11-4-2/h5,7-10,12,16,19H,3-4,6,11H2,1-2H3. The highest BCUT2D eigenvalue weighted by Crippen LogP contribution is 2.23. The van der Waals surface area contributed by atoms with Crippen LogP contribution in [-0.4, -0.2) is 14.9 Å². The molecular weight excluding hydrogens is 236 g/mol. The largest absolute Gasteiger partial charge is 0.382 e. The molecule has 1 aromatic heterocycles. The molecule has 19 heavy (non-hydrogen) atoms. The van der Waals surface area contributed by atoms with Crippen molar-refractivity contribution in [2.75, 3.05) is 0 Å². The summed E-state index contributed by atoms with van der Waals surface area (Å²) in [7, 11) is 0. The third-order valence-corrected chi connectivity index (χ3v) is 3.27. The fraction of sp³-hybridized carbons (Fsp3) is 0.438. The van der Waals surface area contributed by atoms with Crippen molar-refractivity contribution in [3.63, 3.8) is 0 Å². The molecule has 0 bridgehead atoms. The van der Waals surface area contributed by atoms with Crippen LogP contribution in [0.5, 0.6) is 0 Å². The van der Waals surface area contributed by atoms with Gasteiger partial charge in [0.2, 0.25) is 0 Å². The lowest BCUT2D eigenvalue weighted by molar-refractivity contribution is 0.207. The van der Waals surface area contributed by atoms with E-state index in [1.165, 1.54) is 5.56 Å². The summed E-state index contributed by atoms with van der Waals surface area (Å²) in [6.45, 7) is 5.12. The maximum atomic E-state index is 10.5. The first-order valence-electron chi connectivity index (χ1n) is 7.04. The topological polar surface area (TPSA) is 38.1 Å². The third-order valence-electron chi connectivity index (χ3n) is 3.27. The molecule has 0 aliphatic rings. The van der Waals surface area contributed by atoms with Crippen LogP contribution in [0, 0.1) is 0 Å². The number of aliphatic hydroxyl groups is 1. The summed E-state index contributed by atoms with van der Waals surface area (Å²) in [5, 5.41) is 14.8. The van der Waals surface area contributed by atoms with E-state index in [2.05, 4.69) is 31.1 Å². The monoisotopic (exact) mass is 258 g/mol. The van der Waals surface area contributed by atoms with Gasteiger partial charge in [0.05, 0.1) is 5.69 Å². The average molecular weight is 258 g/mol. The highest BCUT2D eigenvalue weighted by Gasteiger charge is 2.15. The minimum absolute atomic E-state index is 0.592. The Kier molecular flexibility index (Phi) is 4.74. The molecule has 1 unspecified atom stereocenters. The average Bonchev–Trinajstić information content (AvgIpc) is 2.87. The zero-order chi connectivity index (χ0) is 13.7. The minimum Gasteiger partial charge on any atom is -0.382 e. The quantitative estimate of drug-likeness (QED) is 0.863. The number of rotatable bonds is 6. The first kappa shape index (κ1) is 13.8. The molecule has 102 valence electrons. The first-order chi connectivity index (χ1) is 9.26. The Balaban J connectivity index is 2.25. The van der Waals surface area contributed by atoms with Gasteiger partial charge in [-0.2, -0.15) is 5.10 Å². The van der Waals surface area contributed by atoms with Crippen molar-refractivity contribution >= 4 is 0 Å². The van der Waals surface area contributed by atoms with Crippen LogP contribution in [0.1, 0.15) is 49.6 Å². The first-order valence-corrected chi connectivity index (χ1v) is 7.04. The van der Waals surface area contributed by atoms with Crippen molar-refractivity contribution in [3.05, 3.63) is 53.3 Å². The predicted molar refractivity (Wildman–Crippen MR) is 77.0 cm³/mol. The van der Waals surface area contributed by atoms with Crippen LogP contribution in [0.25, 0.3) is 0 Å². The number of nitrogens with zero attached hydrogens (tertiary/aromatic N) is 2. The highest BCUT2D eigenvalue weighted by atomic mass is 16.3. The van der Waals surface area contributed by atoms with E-state index < -0.39 is 6.10 Å². The smallest absolute Gasteiger partial charge is 0.121 e. The van der Waals surface area contributed by atoms with Gasteiger partial charge in [-0.15, -0.1) is 0 Å². The lowest BCUT2D eigenvalue weighted by atomic mass is 10.0. The summed E-state index contributed by atoms with van der Waals surface area (Å²) in [6.07, 6.45) is 4.34. The van der Waals surface area contributed by atoms with Crippen LogP contribution in [-0.2, 0) is 13.0 Å². The molecule has 0 fully saturated rings. The van der Waals surface area contributed by atoms with E-state index in [1.54, 1.807) is 6.20 Å². The van der Waals surface area contributed by atoms with E-state index in [0.29, 0.717) is 0 Å². The van der Waals surface area contributed by atoms with Gasteiger partial charge in [0.15, 0.2) is 0 Å². The van der Waals surface area contributed by atoms with Gasteiger partial charge >= 0.3 is 0 Å². The fourth-order valence-electron chi connectivity index (χ4n) is 2.35. The van der Waals surface area contributed by atoms with E-state index in [9.17, 15) is 5.11 Å². The van der Waals surface area contributed by atoms with E-state index in [0.717, 1.165) is 37.1 Å². The molecule has 1 N–H and O–H groups in total. The Hall–Kier alpha value is -1.61. The van der Waals surface area contributed by atoms with Gasteiger partial charge in [0, 0.05) is 12.7 Å². The summed E-state index contributed by atoms with van der Waals surface area (Å²) in [5.74, 6) is 0. The van der Waals surface area contributed by atoms with Gasteiger partial charge in [-0.05, 0) is 30.0 Å². The van der Waals surface area contributed by atoms with Gasteiger partial charge in [-0.1, -0.05) is 44.5 Å². The van der Waals surface area contributed by atoms with Crippen LogP contribution in [0.2, 0.25) is 0 Å². The summed E-state index contributed by atoms with van der Waals surface area (Å²) in [4.78, 5) is 0. The predicted octanol–water partition coefficient (Wildman–Crippen LogP) is 3.33. The van der Waals surface area contributed by atoms with Crippen molar-refractivity contribution in [3.8, 4) is 0 Å². The number of hydrogen-bond donors (Lipinski definition) is 1. The fourth-order valence-corrected chi connectivity index (χ4v) is 2.35. The molecule has 0 aliphatic heterocycles. The van der Waals surface area contributed by atoms with Gasteiger partial charge in [-0.3, -0.25) is 4.68 Å². The number of aliphatic hydroxyl groups excluding tert-OH is 1. The normalized spacial score (nSPS) is 12.6. The van der Waals surface area contributed by atoms with E-state index in [-0.39, 0.29) is 0 Å². The molecule has 1 aromatic carbocycles. The molecule has 3 heteroatoms. The molecule has 1 heterocycles. The molecular formula is C16H22N2O. The summed E-state index contributed by atoms with van der Waals surface area (Å²) in [6, 6.07) is 10.1. The second-order valence-corrected chi connectivity index (χ2v) is 4.88. The van der Waals surface area contributed by atoms with Crippen LogP contribution in [0.4, 0.5) is 0 Å². The summed E-state index contributed by atoms with van der Waals surface area (Å²) in [5.41, 5.74) is 3.10. The Morgan fingerprint density at radius 3 is 2.79 bits per heavy atom. The summed E-state index contributed by atoms with van der Waals surface area (Å²) >= 11 is 0. The SMILES string of the molecule is CCCc1cccc(C(O)c2ccnn2CCC)c1. The van der Waals surface area contributed by atoms with Crippen LogP contribution in [0.15, 0.2) is 36.5 Å². The van der Waals surface area contributed by atoms with Crippen molar-refractivity contribution in [1.82, 2.24) is 9.78 Å². The Labute approximate surface area is 114 Å². The van der Waals surface area contributed by atoms with Crippen LogP contribution < -0.4 is 0 Å². The summed E-state index contributed by atoms with van der Waals surface area (Å²) < 4.78 is 1.89. The van der Waals surface area contributed by atoms with Crippen molar-refractivity contribution < 1.29 is 5.11 Å². The van der Waals surface area contributed by atoms with Crippen LogP contribution >= 0.6 is 0 Å². The van der Waals surface area contributed by atoms with Gasteiger partial charge in [-0.25, -0.2) is 0 Å². The molecule has 2 rings (SSSR count). The molecule has 0 spiro atoms. The van der Waals surface area contributed by atoms with Gasteiger partial charge in [0.1, 0.15) is 6.10 Å². The maximum Gasteiger partial charge on any atom is 0.121 e. The highest BCUT2D eigenvalue weighted by molar-refractivity contribution is 5.30. The lowest BCUT2D eigenvalue weighted by Crippen LogP contribution is -2.10. The molecule has 0 radical (unpaired) electrons. The van der Waals surface area contributed by atoms with E-state index >= 15 is 0 Å². The number of aryl methyl sites for hydroxylation is 2. The molecule has 1 atom stereocenters. The second-order valence-electron chi connectivity index (χ2n) is 4.88. The van der Waals surface area contributed by atoms with E-state index in [4.69, 9.17) is 0 Å². The Morgan fingerprint density at radius 2 is 2.05 bits per heavy atom. The number of hydrogen-bond acceptors (Lipinski definition) is 2. The molecule has 0 amide bonds. The Morgan fingerprint density at radius 1 is 1.21 bits per heavy atom. The molecule has 0 saturated heterocycles. The molecule has 0 saturated carbocycles. The second kappa shape index (κ2) is 6.53. The van der Waals surface area contributed by atoms with Crippen molar-refractivity contribution in [2.45, 2.75) is 45.8 Å². The minimum atomic E-state index is -0.592. The number of aromatic nitrogens is 2. The van der Waals surface area contributed by atoms with E-state index in [1.807, 2.05) is 22.9 Å². The van der Waals surface area contributed by atoms with Gasteiger partial charge < -0.3 is 5.11 Å². The third kappa shape index (κ3) is 3.24. The molecule has 0 aliphatic carbocycles. The molecule has 2 aromatic rings. The molecule has 3 nitrogen and oxygen atoms in total. The van der Waals surface area contributed by atoms with Crippen molar-refractivity contribution in [2.24, 2.45) is 0 Å². The van der Waals surface area contributed by atoms with Gasteiger partial charge in [0.25, 0.3) is 0 Å². The lowest BCUT2D eigenvalue weighted by Gasteiger charge is -2.14. The maximum absolute atomic E-state index is 10.5. The number of benzene rings is 1. The Bertz CT molecular complexity index is 519.